The minimum absolute atomic E-state index is 0.0806. The number of carbonyl (C=O) groups is 1. The number of carbonyl (C=O) groups excluding carboxylic acids is 1. The van der Waals surface area contributed by atoms with Crippen LogP contribution >= 0.6 is 0 Å². The van der Waals surface area contributed by atoms with Crippen LogP contribution in [0.3, 0.4) is 0 Å². The van der Waals surface area contributed by atoms with Gasteiger partial charge in [0.05, 0.1) is 6.20 Å². The summed E-state index contributed by atoms with van der Waals surface area (Å²) >= 11 is 0. The summed E-state index contributed by atoms with van der Waals surface area (Å²) in [6.07, 6.45) is 4.69. The Labute approximate surface area is 95.0 Å². The lowest BCUT2D eigenvalue weighted by atomic mass is 9.94. The number of nitrogens with zero attached hydrogens (tertiary/aromatic N) is 1. The molecule has 0 radical (unpaired) electrons. The van der Waals surface area contributed by atoms with Crippen LogP contribution in [0, 0.1) is 0 Å². The second kappa shape index (κ2) is 4.55. The lowest BCUT2D eigenvalue weighted by Gasteiger charge is -2.23. The van der Waals surface area contributed by atoms with E-state index in [0.29, 0.717) is 0 Å². The normalized spacial score (nSPS) is 19.3. The molecule has 0 saturated carbocycles. The van der Waals surface area contributed by atoms with Crippen molar-refractivity contribution in [2.45, 2.75) is 45.2 Å². The van der Waals surface area contributed by atoms with Gasteiger partial charge < -0.3 is 10.6 Å². The lowest BCUT2D eigenvalue weighted by molar-refractivity contribution is 0.233. The fourth-order valence-corrected chi connectivity index (χ4v) is 2.02. The van der Waals surface area contributed by atoms with Crippen molar-refractivity contribution in [2.75, 3.05) is 0 Å². The van der Waals surface area contributed by atoms with Crippen molar-refractivity contribution >= 4 is 6.03 Å². The number of H-pyrrole nitrogens is 1. The Kier molecular flexibility index (Phi) is 3.12. The fourth-order valence-electron chi connectivity index (χ4n) is 2.02. The summed E-state index contributed by atoms with van der Waals surface area (Å²) in [6.45, 7) is 3.90. The standard InChI is InChI=1S/C11H18N4O/c1-7(2)13-11(16)14-9-4-3-8-6-12-15-10(8)5-9/h6-7,9H,3-5H2,1-2H3,(H,12,15)(H2,13,14,16). The molecule has 16 heavy (non-hydrogen) atoms. The molecule has 0 aliphatic heterocycles. The van der Waals surface area contributed by atoms with Crippen LogP contribution in [-0.4, -0.2) is 28.3 Å². The Hall–Kier alpha value is -1.52. The highest BCUT2D eigenvalue weighted by molar-refractivity contribution is 5.74. The maximum atomic E-state index is 11.5. The van der Waals surface area contributed by atoms with Gasteiger partial charge in [0.2, 0.25) is 0 Å². The van der Waals surface area contributed by atoms with E-state index in [-0.39, 0.29) is 18.1 Å². The third-order valence-corrected chi connectivity index (χ3v) is 2.78. The number of urea groups is 1. The molecule has 0 spiro atoms. The minimum atomic E-state index is -0.0806. The zero-order valence-corrected chi connectivity index (χ0v) is 9.71. The van der Waals surface area contributed by atoms with E-state index in [9.17, 15) is 4.79 Å². The fraction of sp³-hybridized carbons (Fsp3) is 0.636. The van der Waals surface area contributed by atoms with Gasteiger partial charge >= 0.3 is 6.03 Å². The number of aromatic amines is 1. The van der Waals surface area contributed by atoms with Gasteiger partial charge in [0.1, 0.15) is 0 Å². The van der Waals surface area contributed by atoms with Gasteiger partial charge in [-0.25, -0.2) is 4.79 Å². The van der Waals surface area contributed by atoms with Gasteiger partial charge in [-0.3, -0.25) is 5.10 Å². The number of hydrogen-bond donors (Lipinski definition) is 3. The molecule has 2 rings (SSSR count). The number of aromatic nitrogens is 2. The van der Waals surface area contributed by atoms with Crippen molar-refractivity contribution in [1.82, 2.24) is 20.8 Å². The molecular weight excluding hydrogens is 204 g/mol. The largest absolute Gasteiger partial charge is 0.336 e. The number of hydrogen-bond acceptors (Lipinski definition) is 2. The van der Waals surface area contributed by atoms with E-state index in [1.807, 2.05) is 20.0 Å². The van der Waals surface area contributed by atoms with E-state index in [0.717, 1.165) is 25.0 Å². The van der Waals surface area contributed by atoms with Crippen LogP contribution in [0.5, 0.6) is 0 Å². The second-order valence-electron chi connectivity index (χ2n) is 4.59. The summed E-state index contributed by atoms with van der Waals surface area (Å²) in [6, 6.07) is 0.306. The highest BCUT2D eigenvalue weighted by Gasteiger charge is 2.21. The summed E-state index contributed by atoms with van der Waals surface area (Å²) in [4.78, 5) is 11.5. The van der Waals surface area contributed by atoms with Crippen molar-refractivity contribution in [3.8, 4) is 0 Å². The molecule has 3 N–H and O–H groups in total. The molecular formula is C11H18N4O. The summed E-state index contributed by atoms with van der Waals surface area (Å²) in [5.41, 5.74) is 2.43. The van der Waals surface area contributed by atoms with Crippen LogP contribution in [-0.2, 0) is 12.8 Å². The molecule has 88 valence electrons. The van der Waals surface area contributed by atoms with Gasteiger partial charge in [-0.15, -0.1) is 0 Å². The second-order valence-corrected chi connectivity index (χ2v) is 4.59. The van der Waals surface area contributed by atoms with Crippen LogP contribution in [0.25, 0.3) is 0 Å². The van der Waals surface area contributed by atoms with Gasteiger partial charge in [0.15, 0.2) is 0 Å². The lowest BCUT2D eigenvalue weighted by Crippen LogP contribution is -2.46. The van der Waals surface area contributed by atoms with E-state index < -0.39 is 0 Å². The van der Waals surface area contributed by atoms with Crippen molar-refractivity contribution in [1.29, 1.82) is 0 Å². The van der Waals surface area contributed by atoms with Gasteiger partial charge in [-0.05, 0) is 32.3 Å². The molecule has 1 atom stereocenters. The molecule has 5 nitrogen and oxygen atoms in total. The van der Waals surface area contributed by atoms with Crippen LogP contribution in [0.4, 0.5) is 4.79 Å². The maximum absolute atomic E-state index is 11.5. The molecule has 1 heterocycles. The Balaban J connectivity index is 1.87. The molecule has 0 fully saturated rings. The van der Waals surface area contributed by atoms with Crippen LogP contribution in [0.2, 0.25) is 0 Å². The SMILES string of the molecule is CC(C)NC(=O)NC1CCc2cn[nH]c2C1. The van der Waals surface area contributed by atoms with Crippen LogP contribution in [0.1, 0.15) is 31.5 Å². The molecule has 2 amide bonds. The molecule has 0 bridgehead atoms. The highest BCUT2D eigenvalue weighted by atomic mass is 16.2. The highest BCUT2D eigenvalue weighted by Crippen LogP contribution is 2.18. The van der Waals surface area contributed by atoms with E-state index in [4.69, 9.17) is 0 Å². The van der Waals surface area contributed by atoms with Crippen molar-refractivity contribution in [3.63, 3.8) is 0 Å². The van der Waals surface area contributed by atoms with E-state index in [1.54, 1.807) is 0 Å². The van der Waals surface area contributed by atoms with Crippen LogP contribution < -0.4 is 10.6 Å². The predicted molar refractivity (Wildman–Crippen MR) is 61.2 cm³/mol. The van der Waals surface area contributed by atoms with Crippen molar-refractivity contribution in [3.05, 3.63) is 17.5 Å². The zero-order chi connectivity index (χ0) is 11.5. The first-order valence-electron chi connectivity index (χ1n) is 5.73. The summed E-state index contributed by atoms with van der Waals surface area (Å²) < 4.78 is 0. The minimum Gasteiger partial charge on any atom is -0.336 e. The predicted octanol–water partition coefficient (Wildman–Crippen LogP) is 0.975. The molecule has 1 unspecified atom stereocenters. The Morgan fingerprint density at radius 2 is 2.44 bits per heavy atom. The van der Waals surface area contributed by atoms with E-state index in [2.05, 4.69) is 20.8 Å². The third-order valence-electron chi connectivity index (χ3n) is 2.78. The average molecular weight is 222 g/mol. The first-order chi connectivity index (χ1) is 7.65. The zero-order valence-electron chi connectivity index (χ0n) is 9.71. The number of fused-ring (bicyclic) bond motifs is 1. The molecule has 1 aromatic heterocycles. The molecule has 1 aromatic rings. The maximum Gasteiger partial charge on any atom is 0.315 e. The summed E-state index contributed by atoms with van der Waals surface area (Å²) in [5, 5.41) is 12.8. The van der Waals surface area contributed by atoms with Crippen molar-refractivity contribution in [2.24, 2.45) is 0 Å². The number of aryl methyl sites for hydroxylation is 1. The van der Waals surface area contributed by atoms with Gasteiger partial charge in [-0.2, -0.15) is 5.10 Å². The Morgan fingerprint density at radius 1 is 1.62 bits per heavy atom. The molecule has 0 aromatic carbocycles. The molecule has 1 aliphatic rings. The molecule has 5 heteroatoms. The van der Waals surface area contributed by atoms with Gasteiger partial charge in [0, 0.05) is 24.2 Å². The van der Waals surface area contributed by atoms with E-state index >= 15 is 0 Å². The average Bonchev–Trinajstić information content (AvgIpc) is 2.63. The summed E-state index contributed by atoms with van der Waals surface area (Å²) in [5.74, 6) is 0. The third kappa shape index (κ3) is 2.53. The quantitative estimate of drug-likeness (QED) is 0.698. The number of rotatable bonds is 2. The molecule has 0 saturated heterocycles. The van der Waals surface area contributed by atoms with Crippen LogP contribution in [0.15, 0.2) is 6.20 Å². The van der Waals surface area contributed by atoms with Crippen molar-refractivity contribution < 1.29 is 4.79 Å². The molecule has 1 aliphatic carbocycles. The topological polar surface area (TPSA) is 69.8 Å². The smallest absolute Gasteiger partial charge is 0.315 e. The first kappa shape index (κ1) is 11.0. The Bertz CT molecular complexity index is 372. The first-order valence-corrected chi connectivity index (χ1v) is 5.73. The Morgan fingerprint density at radius 3 is 3.19 bits per heavy atom. The monoisotopic (exact) mass is 222 g/mol. The van der Waals surface area contributed by atoms with E-state index in [1.165, 1.54) is 5.56 Å². The summed E-state index contributed by atoms with van der Waals surface area (Å²) in [7, 11) is 0. The van der Waals surface area contributed by atoms with Gasteiger partial charge in [-0.1, -0.05) is 0 Å². The number of nitrogens with one attached hydrogen (secondary N) is 3. The van der Waals surface area contributed by atoms with Gasteiger partial charge in [0.25, 0.3) is 0 Å². The number of amides is 2.